The molecule has 6 nitrogen and oxygen atoms in total. The zero-order valence-electron chi connectivity index (χ0n) is 8.27. The van der Waals surface area contributed by atoms with Crippen molar-refractivity contribution in [2.75, 3.05) is 6.61 Å². The van der Waals surface area contributed by atoms with Gasteiger partial charge in [-0.15, -0.1) is 0 Å². The number of aromatic amines is 1. The monoisotopic (exact) mass is 212 g/mol. The highest BCUT2D eigenvalue weighted by atomic mass is 16.5. The van der Waals surface area contributed by atoms with Crippen LogP contribution in [-0.4, -0.2) is 27.4 Å². The number of aliphatic hydroxyl groups excluding tert-OH is 1. The normalized spacial score (nSPS) is 25.7. The van der Waals surface area contributed by atoms with E-state index in [1.54, 1.807) is 6.92 Å². The van der Waals surface area contributed by atoms with E-state index in [1.807, 2.05) is 0 Å². The molecule has 1 aromatic heterocycles. The third kappa shape index (κ3) is 1.86. The van der Waals surface area contributed by atoms with Gasteiger partial charge in [-0.1, -0.05) is 0 Å². The summed E-state index contributed by atoms with van der Waals surface area (Å²) in [6, 6.07) is 0. The fourth-order valence-electron chi connectivity index (χ4n) is 1.58. The Hall–Kier alpha value is -1.40. The van der Waals surface area contributed by atoms with Crippen molar-refractivity contribution in [3.8, 4) is 0 Å². The van der Waals surface area contributed by atoms with Crippen LogP contribution in [0.15, 0.2) is 15.8 Å². The van der Waals surface area contributed by atoms with Crippen molar-refractivity contribution in [2.24, 2.45) is 0 Å². The third-order valence-electron chi connectivity index (χ3n) is 2.41. The van der Waals surface area contributed by atoms with Crippen molar-refractivity contribution < 1.29 is 9.84 Å². The Morgan fingerprint density at radius 3 is 2.93 bits per heavy atom. The second-order valence-corrected chi connectivity index (χ2v) is 3.66. The number of nitrogens with one attached hydrogen (secondary N) is 1. The van der Waals surface area contributed by atoms with Crippen molar-refractivity contribution in [3.63, 3.8) is 0 Å². The molecule has 0 saturated carbocycles. The maximum absolute atomic E-state index is 11.4. The van der Waals surface area contributed by atoms with E-state index in [1.165, 1.54) is 10.8 Å². The summed E-state index contributed by atoms with van der Waals surface area (Å²) in [6.45, 7) is 1.83. The van der Waals surface area contributed by atoms with Crippen molar-refractivity contribution in [2.45, 2.75) is 25.7 Å². The molecule has 0 aliphatic carbocycles. The van der Waals surface area contributed by atoms with Gasteiger partial charge in [0.2, 0.25) is 0 Å². The van der Waals surface area contributed by atoms with E-state index in [4.69, 9.17) is 4.74 Å². The Bertz CT molecular complexity index is 476. The fourth-order valence-corrected chi connectivity index (χ4v) is 1.58. The van der Waals surface area contributed by atoms with Gasteiger partial charge in [0.1, 0.15) is 6.23 Å². The van der Waals surface area contributed by atoms with Crippen LogP contribution in [0.1, 0.15) is 18.2 Å². The van der Waals surface area contributed by atoms with Crippen molar-refractivity contribution in [3.05, 3.63) is 32.6 Å². The van der Waals surface area contributed by atoms with Crippen LogP contribution in [-0.2, 0) is 4.74 Å². The van der Waals surface area contributed by atoms with E-state index < -0.39 is 23.6 Å². The first-order valence-electron chi connectivity index (χ1n) is 4.69. The van der Waals surface area contributed by atoms with Gasteiger partial charge in [-0.25, -0.2) is 4.79 Å². The van der Waals surface area contributed by atoms with E-state index in [9.17, 15) is 14.7 Å². The highest BCUT2D eigenvalue weighted by molar-refractivity contribution is 5.01. The molecule has 82 valence electrons. The number of hydrogen-bond acceptors (Lipinski definition) is 4. The molecule has 1 saturated heterocycles. The highest BCUT2D eigenvalue weighted by Gasteiger charge is 2.25. The smallest absolute Gasteiger partial charge is 0.330 e. The zero-order chi connectivity index (χ0) is 11.0. The molecular formula is C9H12N2O4. The second-order valence-electron chi connectivity index (χ2n) is 3.66. The lowest BCUT2D eigenvalue weighted by molar-refractivity contribution is 0.0445. The number of nitrogens with zero attached hydrogens (tertiary/aromatic N) is 1. The summed E-state index contributed by atoms with van der Waals surface area (Å²) in [5, 5.41) is 9.26. The summed E-state index contributed by atoms with van der Waals surface area (Å²) in [6.07, 6.45) is 0.784. The number of ether oxygens (including phenoxy) is 1. The molecule has 2 heterocycles. The molecule has 0 radical (unpaired) electrons. The average molecular weight is 212 g/mol. The number of aliphatic hydroxyl groups is 1. The lowest BCUT2D eigenvalue weighted by atomic mass is 10.3. The van der Waals surface area contributed by atoms with Crippen LogP contribution in [0.2, 0.25) is 0 Å². The molecule has 1 aliphatic heterocycles. The minimum absolute atomic E-state index is 0.218. The maximum atomic E-state index is 11.4. The van der Waals surface area contributed by atoms with E-state index in [0.717, 1.165) is 0 Å². The van der Waals surface area contributed by atoms with Crippen LogP contribution < -0.4 is 11.2 Å². The Morgan fingerprint density at radius 1 is 1.60 bits per heavy atom. The molecular weight excluding hydrogens is 200 g/mol. The fraction of sp³-hybridized carbons (Fsp3) is 0.556. The molecule has 1 aromatic rings. The predicted molar refractivity (Wildman–Crippen MR) is 51.7 cm³/mol. The van der Waals surface area contributed by atoms with Crippen LogP contribution in [0.25, 0.3) is 0 Å². The van der Waals surface area contributed by atoms with Gasteiger partial charge in [0.25, 0.3) is 5.56 Å². The number of hydrogen-bond donors (Lipinski definition) is 2. The van der Waals surface area contributed by atoms with Crippen LogP contribution in [0.5, 0.6) is 0 Å². The molecule has 2 atom stereocenters. The molecule has 0 spiro atoms. The quantitative estimate of drug-likeness (QED) is 0.633. The van der Waals surface area contributed by atoms with Crippen LogP contribution in [0.4, 0.5) is 0 Å². The molecule has 6 heteroatoms. The predicted octanol–water partition coefficient (Wildman–Crippen LogP) is -0.875. The van der Waals surface area contributed by atoms with Gasteiger partial charge in [0.05, 0.1) is 12.7 Å². The Morgan fingerprint density at radius 2 is 2.33 bits per heavy atom. The second kappa shape index (κ2) is 3.63. The summed E-state index contributed by atoms with van der Waals surface area (Å²) in [4.78, 5) is 24.7. The van der Waals surface area contributed by atoms with Gasteiger partial charge in [0, 0.05) is 18.2 Å². The minimum atomic E-state index is -0.547. The van der Waals surface area contributed by atoms with Crippen LogP contribution in [0.3, 0.4) is 0 Å². The van der Waals surface area contributed by atoms with Gasteiger partial charge in [-0.3, -0.25) is 14.3 Å². The van der Waals surface area contributed by atoms with E-state index in [-0.39, 0.29) is 6.61 Å². The molecule has 0 bridgehead atoms. The molecule has 2 rings (SSSR count). The van der Waals surface area contributed by atoms with E-state index in [2.05, 4.69) is 4.98 Å². The summed E-state index contributed by atoms with van der Waals surface area (Å²) in [7, 11) is 0. The van der Waals surface area contributed by atoms with Gasteiger partial charge in [0.15, 0.2) is 0 Å². The van der Waals surface area contributed by atoms with Gasteiger partial charge < -0.3 is 9.84 Å². The standard InChI is InChI=1S/C9H12N2O4/c1-5-3-11(9(14)10-8(5)13)7-2-6(12)4-15-7/h3,6-7,12H,2,4H2,1H3,(H,10,13,14)/t6-,7+/m0/s1. The molecule has 1 fully saturated rings. The lowest BCUT2D eigenvalue weighted by Crippen LogP contribution is -2.33. The van der Waals surface area contributed by atoms with Gasteiger partial charge in [-0.05, 0) is 6.92 Å². The van der Waals surface area contributed by atoms with Gasteiger partial charge >= 0.3 is 5.69 Å². The number of aryl methyl sites for hydroxylation is 1. The first-order valence-corrected chi connectivity index (χ1v) is 4.69. The molecule has 0 aromatic carbocycles. The third-order valence-corrected chi connectivity index (χ3v) is 2.41. The Kier molecular flexibility index (Phi) is 2.45. The van der Waals surface area contributed by atoms with Crippen LogP contribution >= 0.6 is 0 Å². The topological polar surface area (TPSA) is 84.3 Å². The minimum Gasteiger partial charge on any atom is -0.391 e. The van der Waals surface area contributed by atoms with Crippen molar-refractivity contribution in [1.29, 1.82) is 0 Å². The Labute approximate surface area is 85.1 Å². The zero-order valence-corrected chi connectivity index (χ0v) is 8.27. The summed E-state index contributed by atoms with van der Waals surface area (Å²) >= 11 is 0. The van der Waals surface area contributed by atoms with Gasteiger partial charge in [-0.2, -0.15) is 0 Å². The summed E-state index contributed by atoms with van der Waals surface area (Å²) in [5.41, 5.74) is -0.459. The number of H-pyrrole nitrogens is 1. The van der Waals surface area contributed by atoms with Crippen molar-refractivity contribution in [1.82, 2.24) is 9.55 Å². The number of aromatic nitrogens is 2. The summed E-state index contributed by atoms with van der Waals surface area (Å²) in [5.74, 6) is 0. The SMILES string of the molecule is Cc1cn([C@H]2C[C@H](O)CO2)c(=O)[nH]c1=O. The summed E-state index contributed by atoms with van der Waals surface area (Å²) < 4.78 is 6.52. The molecule has 0 unspecified atom stereocenters. The maximum Gasteiger partial charge on any atom is 0.330 e. The average Bonchev–Trinajstić information content (AvgIpc) is 2.58. The lowest BCUT2D eigenvalue weighted by Gasteiger charge is -2.12. The van der Waals surface area contributed by atoms with E-state index >= 15 is 0 Å². The van der Waals surface area contributed by atoms with Crippen molar-refractivity contribution >= 4 is 0 Å². The molecule has 1 aliphatic rings. The molecule has 0 amide bonds. The first-order chi connectivity index (χ1) is 7.08. The number of rotatable bonds is 1. The highest BCUT2D eigenvalue weighted by Crippen LogP contribution is 2.21. The molecule has 2 N–H and O–H groups in total. The first kappa shape index (κ1) is 10.1. The molecule has 15 heavy (non-hydrogen) atoms. The van der Waals surface area contributed by atoms with Crippen LogP contribution in [0, 0.1) is 6.92 Å². The Balaban J connectivity index is 2.41. The van der Waals surface area contributed by atoms with E-state index in [0.29, 0.717) is 12.0 Å². The largest absolute Gasteiger partial charge is 0.391 e.